The van der Waals surface area contributed by atoms with Crippen LogP contribution in [-0.4, -0.2) is 63.8 Å². The SMILES string of the molecule is Cn1cnc(CCNC(=O)C(C)(C)N2CCNCC2)n1. The van der Waals surface area contributed by atoms with Crippen LogP contribution in [0.1, 0.15) is 19.7 Å². The van der Waals surface area contributed by atoms with Crippen LogP contribution >= 0.6 is 0 Å². The number of hydrogen-bond acceptors (Lipinski definition) is 5. The molecule has 0 bridgehead atoms. The maximum atomic E-state index is 12.3. The Bertz CT molecular complexity index is 449. The van der Waals surface area contributed by atoms with E-state index in [4.69, 9.17) is 0 Å². The van der Waals surface area contributed by atoms with E-state index in [1.54, 1.807) is 11.0 Å². The summed E-state index contributed by atoms with van der Waals surface area (Å²) in [4.78, 5) is 18.7. The van der Waals surface area contributed by atoms with Crippen molar-refractivity contribution < 1.29 is 4.79 Å². The van der Waals surface area contributed by atoms with Gasteiger partial charge in [0.2, 0.25) is 5.91 Å². The highest BCUT2D eigenvalue weighted by Crippen LogP contribution is 2.15. The molecule has 0 radical (unpaired) electrons. The number of nitrogens with one attached hydrogen (secondary N) is 2. The van der Waals surface area contributed by atoms with Gasteiger partial charge in [-0.3, -0.25) is 14.4 Å². The number of carbonyl (C=O) groups is 1. The molecule has 1 aliphatic rings. The molecule has 1 fully saturated rings. The molecule has 1 aromatic heterocycles. The molecule has 0 atom stereocenters. The van der Waals surface area contributed by atoms with Crippen molar-refractivity contribution in [2.45, 2.75) is 25.8 Å². The number of hydrogen-bond donors (Lipinski definition) is 2. The minimum Gasteiger partial charge on any atom is -0.354 e. The first kappa shape index (κ1) is 14.9. The molecule has 2 heterocycles. The monoisotopic (exact) mass is 280 g/mol. The zero-order valence-corrected chi connectivity index (χ0v) is 12.5. The van der Waals surface area contributed by atoms with Crippen molar-refractivity contribution in [2.75, 3.05) is 32.7 Å². The minimum absolute atomic E-state index is 0.0651. The molecule has 1 aromatic rings. The first-order valence-corrected chi connectivity index (χ1v) is 7.09. The lowest BCUT2D eigenvalue weighted by atomic mass is 10.0. The Morgan fingerprint density at radius 1 is 1.45 bits per heavy atom. The average molecular weight is 280 g/mol. The van der Waals surface area contributed by atoms with Gasteiger partial charge >= 0.3 is 0 Å². The number of carbonyl (C=O) groups excluding carboxylic acids is 1. The van der Waals surface area contributed by atoms with Gasteiger partial charge in [-0.1, -0.05) is 0 Å². The molecular formula is C13H24N6O. The van der Waals surface area contributed by atoms with E-state index >= 15 is 0 Å². The van der Waals surface area contributed by atoms with Gasteiger partial charge in [0.05, 0.1) is 5.54 Å². The second-order valence-electron chi connectivity index (χ2n) is 5.64. The number of aryl methyl sites for hydroxylation is 1. The van der Waals surface area contributed by atoms with Gasteiger partial charge in [0.15, 0.2) is 5.82 Å². The quantitative estimate of drug-likeness (QED) is 0.735. The van der Waals surface area contributed by atoms with Crippen molar-refractivity contribution in [1.82, 2.24) is 30.3 Å². The van der Waals surface area contributed by atoms with Crippen molar-refractivity contribution in [2.24, 2.45) is 7.05 Å². The third-order valence-electron chi connectivity index (χ3n) is 3.74. The predicted molar refractivity (Wildman–Crippen MR) is 76.2 cm³/mol. The summed E-state index contributed by atoms with van der Waals surface area (Å²) in [7, 11) is 1.84. The molecule has 1 saturated heterocycles. The molecule has 2 rings (SSSR count). The van der Waals surface area contributed by atoms with Gasteiger partial charge in [0.25, 0.3) is 0 Å². The van der Waals surface area contributed by atoms with E-state index in [-0.39, 0.29) is 5.91 Å². The van der Waals surface area contributed by atoms with Crippen molar-refractivity contribution in [1.29, 1.82) is 0 Å². The molecule has 7 heteroatoms. The molecule has 112 valence electrons. The van der Waals surface area contributed by atoms with Crippen LogP contribution in [0, 0.1) is 0 Å². The average Bonchev–Trinajstić information content (AvgIpc) is 2.85. The molecule has 1 amide bonds. The normalized spacial score (nSPS) is 17.1. The second kappa shape index (κ2) is 6.32. The van der Waals surface area contributed by atoms with Crippen LogP contribution in [0.3, 0.4) is 0 Å². The topological polar surface area (TPSA) is 75.1 Å². The zero-order valence-electron chi connectivity index (χ0n) is 12.5. The zero-order chi connectivity index (χ0) is 14.6. The maximum absolute atomic E-state index is 12.3. The summed E-state index contributed by atoms with van der Waals surface area (Å²) in [6, 6.07) is 0. The Morgan fingerprint density at radius 2 is 2.15 bits per heavy atom. The van der Waals surface area contributed by atoms with E-state index in [1.807, 2.05) is 20.9 Å². The van der Waals surface area contributed by atoms with Crippen LogP contribution in [-0.2, 0) is 18.3 Å². The lowest BCUT2D eigenvalue weighted by molar-refractivity contribution is -0.132. The fourth-order valence-corrected chi connectivity index (χ4v) is 2.37. The van der Waals surface area contributed by atoms with E-state index in [0.717, 1.165) is 32.0 Å². The van der Waals surface area contributed by atoms with Gasteiger partial charge in [-0.25, -0.2) is 4.98 Å². The van der Waals surface area contributed by atoms with Gasteiger partial charge in [-0.2, -0.15) is 5.10 Å². The van der Waals surface area contributed by atoms with Crippen molar-refractivity contribution >= 4 is 5.91 Å². The van der Waals surface area contributed by atoms with Crippen LogP contribution in [0.4, 0.5) is 0 Å². The van der Waals surface area contributed by atoms with Crippen LogP contribution in [0.25, 0.3) is 0 Å². The second-order valence-corrected chi connectivity index (χ2v) is 5.64. The summed E-state index contributed by atoms with van der Waals surface area (Å²) in [5.74, 6) is 0.822. The van der Waals surface area contributed by atoms with Gasteiger partial charge in [-0.05, 0) is 13.8 Å². The largest absolute Gasteiger partial charge is 0.354 e. The number of piperazine rings is 1. The van der Waals surface area contributed by atoms with Crippen LogP contribution in [0.15, 0.2) is 6.33 Å². The number of rotatable bonds is 5. The summed E-state index contributed by atoms with van der Waals surface area (Å²) in [6.45, 7) is 8.21. The molecule has 0 spiro atoms. The molecule has 1 aliphatic heterocycles. The maximum Gasteiger partial charge on any atom is 0.239 e. The molecule has 7 nitrogen and oxygen atoms in total. The fraction of sp³-hybridized carbons (Fsp3) is 0.769. The fourth-order valence-electron chi connectivity index (χ4n) is 2.37. The van der Waals surface area contributed by atoms with Crippen molar-refractivity contribution in [3.05, 3.63) is 12.2 Å². The molecule has 0 aliphatic carbocycles. The van der Waals surface area contributed by atoms with Gasteiger partial charge in [0, 0.05) is 46.2 Å². The predicted octanol–water partition coefficient (Wildman–Crippen LogP) is -0.842. The third-order valence-corrected chi connectivity index (χ3v) is 3.74. The molecule has 0 unspecified atom stereocenters. The Morgan fingerprint density at radius 3 is 2.75 bits per heavy atom. The molecule has 0 aromatic carbocycles. The highest BCUT2D eigenvalue weighted by molar-refractivity contribution is 5.85. The molecule has 0 saturated carbocycles. The molecule has 2 N–H and O–H groups in total. The molecular weight excluding hydrogens is 256 g/mol. The number of amides is 1. The summed E-state index contributed by atoms with van der Waals surface area (Å²) in [5.41, 5.74) is -0.473. The van der Waals surface area contributed by atoms with Crippen molar-refractivity contribution in [3.8, 4) is 0 Å². The van der Waals surface area contributed by atoms with Gasteiger partial charge < -0.3 is 10.6 Å². The smallest absolute Gasteiger partial charge is 0.239 e. The highest BCUT2D eigenvalue weighted by atomic mass is 16.2. The van der Waals surface area contributed by atoms with E-state index in [9.17, 15) is 4.79 Å². The number of aromatic nitrogens is 3. The van der Waals surface area contributed by atoms with Gasteiger partial charge in [0.1, 0.15) is 6.33 Å². The Labute approximate surface area is 119 Å². The van der Waals surface area contributed by atoms with E-state index < -0.39 is 5.54 Å². The number of nitrogens with zero attached hydrogens (tertiary/aromatic N) is 4. The van der Waals surface area contributed by atoms with Gasteiger partial charge in [-0.15, -0.1) is 0 Å². The van der Waals surface area contributed by atoms with E-state index in [0.29, 0.717) is 13.0 Å². The van der Waals surface area contributed by atoms with Crippen LogP contribution in [0.5, 0.6) is 0 Å². The van der Waals surface area contributed by atoms with Crippen molar-refractivity contribution in [3.63, 3.8) is 0 Å². The lowest BCUT2D eigenvalue weighted by Crippen LogP contribution is -2.60. The highest BCUT2D eigenvalue weighted by Gasteiger charge is 2.34. The Hall–Kier alpha value is -1.47. The summed E-state index contributed by atoms with van der Waals surface area (Å²) in [5, 5.41) is 10.5. The summed E-state index contributed by atoms with van der Waals surface area (Å²) >= 11 is 0. The summed E-state index contributed by atoms with van der Waals surface area (Å²) < 4.78 is 1.67. The first-order valence-electron chi connectivity index (χ1n) is 7.09. The Balaban J connectivity index is 1.80. The van der Waals surface area contributed by atoms with E-state index in [1.165, 1.54) is 0 Å². The van der Waals surface area contributed by atoms with E-state index in [2.05, 4.69) is 25.6 Å². The lowest BCUT2D eigenvalue weighted by Gasteiger charge is -2.39. The van der Waals surface area contributed by atoms with Crippen LogP contribution in [0.2, 0.25) is 0 Å². The summed E-state index contributed by atoms with van der Waals surface area (Å²) in [6.07, 6.45) is 2.33. The molecule has 20 heavy (non-hydrogen) atoms. The van der Waals surface area contributed by atoms with Crippen LogP contribution < -0.4 is 10.6 Å². The Kier molecular flexibility index (Phi) is 4.72. The first-order chi connectivity index (χ1) is 9.50. The standard InChI is InChI=1S/C13H24N6O/c1-13(2,19-8-6-14-7-9-19)12(20)15-5-4-11-16-10-18(3)17-11/h10,14H,4-9H2,1-3H3,(H,15,20). The minimum atomic E-state index is -0.473. The third kappa shape index (κ3) is 3.55.